The zero-order valence-electron chi connectivity index (χ0n) is 18.5. The molecular weight excluding hydrogens is 472 g/mol. The summed E-state index contributed by atoms with van der Waals surface area (Å²) in [6, 6.07) is 18.5. The molecule has 10 heteroatoms. The lowest BCUT2D eigenvalue weighted by atomic mass is 10.0. The number of anilines is 2. The molecule has 0 aliphatic rings. The maximum absolute atomic E-state index is 12.8. The van der Waals surface area contributed by atoms with Crippen LogP contribution in [-0.2, 0) is 4.79 Å². The van der Waals surface area contributed by atoms with Crippen molar-refractivity contribution in [3.63, 3.8) is 0 Å². The number of rotatable bonds is 9. The van der Waals surface area contributed by atoms with Crippen molar-refractivity contribution in [2.75, 3.05) is 30.1 Å². The molecule has 2 N–H and O–H groups in total. The topological polar surface area (TPSA) is 102 Å². The fourth-order valence-corrected chi connectivity index (χ4v) is 4.80. The molecule has 2 amide bonds. The molecule has 3 aromatic carbocycles. The minimum absolute atomic E-state index is 0.161. The van der Waals surface area contributed by atoms with Gasteiger partial charge in [0.15, 0.2) is 4.34 Å². The Hall–Kier alpha value is -3.63. The van der Waals surface area contributed by atoms with Gasteiger partial charge in [0.2, 0.25) is 11.0 Å². The van der Waals surface area contributed by atoms with Gasteiger partial charge < -0.3 is 14.8 Å². The Labute approximate surface area is 204 Å². The molecule has 0 fully saturated rings. The molecule has 34 heavy (non-hydrogen) atoms. The van der Waals surface area contributed by atoms with Crippen molar-refractivity contribution >= 4 is 56.5 Å². The first-order chi connectivity index (χ1) is 16.6. The molecule has 0 spiro atoms. The van der Waals surface area contributed by atoms with E-state index in [4.69, 9.17) is 9.47 Å². The maximum atomic E-state index is 12.8. The molecule has 0 bridgehead atoms. The highest BCUT2D eigenvalue weighted by Gasteiger charge is 2.17. The van der Waals surface area contributed by atoms with Crippen molar-refractivity contribution in [1.82, 2.24) is 10.2 Å². The third-order valence-electron chi connectivity index (χ3n) is 4.73. The molecule has 0 atom stereocenters. The van der Waals surface area contributed by atoms with E-state index in [-0.39, 0.29) is 17.6 Å². The molecule has 4 rings (SSSR count). The van der Waals surface area contributed by atoms with Gasteiger partial charge in [-0.25, -0.2) is 0 Å². The Morgan fingerprint density at radius 3 is 2.56 bits per heavy atom. The molecule has 8 nitrogen and oxygen atoms in total. The van der Waals surface area contributed by atoms with Crippen molar-refractivity contribution in [2.24, 2.45) is 0 Å². The number of fused-ring (bicyclic) bond motifs is 1. The van der Waals surface area contributed by atoms with Gasteiger partial charge in [0, 0.05) is 11.1 Å². The van der Waals surface area contributed by atoms with Crippen LogP contribution in [0.1, 0.15) is 17.3 Å². The van der Waals surface area contributed by atoms with E-state index in [2.05, 4.69) is 20.8 Å². The smallest absolute Gasteiger partial charge is 0.261 e. The summed E-state index contributed by atoms with van der Waals surface area (Å²) in [7, 11) is 1.54. The van der Waals surface area contributed by atoms with Crippen LogP contribution in [0.15, 0.2) is 65.0 Å². The molecule has 0 radical (unpaired) electrons. The molecule has 1 aromatic heterocycles. The zero-order chi connectivity index (χ0) is 23.9. The Morgan fingerprint density at radius 2 is 1.79 bits per heavy atom. The molecule has 0 saturated carbocycles. The number of benzene rings is 3. The fraction of sp³-hybridized carbons (Fsp3) is 0.167. The van der Waals surface area contributed by atoms with Crippen LogP contribution in [0, 0.1) is 0 Å². The number of hydrogen-bond acceptors (Lipinski definition) is 8. The minimum atomic E-state index is -0.344. The van der Waals surface area contributed by atoms with Gasteiger partial charge >= 0.3 is 0 Å². The van der Waals surface area contributed by atoms with E-state index in [1.54, 1.807) is 30.3 Å². The number of ether oxygens (including phenoxy) is 2. The summed E-state index contributed by atoms with van der Waals surface area (Å²) in [6.07, 6.45) is 0. The fourth-order valence-electron chi connectivity index (χ4n) is 3.25. The molecule has 4 aromatic rings. The van der Waals surface area contributed by atoms with Crippen molar-refractivity contribution in [2.45, 2.75) is 11.3 Å². The van der Waals surface area contributed by atoms with Crippen LogP contribution in [0.25, 0.3) is 10.8 Å². The van der Waals surface area contributed by atoms with Gasteiger partial charge in [-0.2, -0.15) is 0 Å². The second-order valence-electron chi connectivity index (χ2n) is 6.99. The van der Waals surface area contributed by atoms with Gasteiger partial charge in [-0.3, -0.25) is 14.9 Å². The average molecular weight is 495 g/mol. The summed E-state index contributed by atoms with van der Waals surface area (Å²) in [5, 5.41) is 15.8. The van der Waals surface area contributed by atoms with Crippen LogP contribution in [0.3, 0.4) is 0 Å². The quantitative estimate of drug-likeness (QED) is 0.247. The van der Waals surface area contributed by atoms with Gasteiger partial charge in [-0.15, -0.1) is 10.2 Å². The van der Waals surface area contributed by atoms with E-state index < -0.39 is 0 Å². The summed E-state index contributed by atoms with van der Waals surface area (Å²) < 4.78 is 11.5. The molecule has 0 aliphatic heterocycles. The first-order valence-electron chi connectivity index (χ1n) is 10.4. The third-order valence-corrected chi connectivity index (χ3v) is 6.70. The standard InChI is InChI=1S/C24H22N4O4S2/c1-3-32-17-11-9-16(10-12-17)25-20(29)14-33-24-28-27-23(34-24)26-22(30)19-13-8-15-6-4-5-7-18(15)21(19)31-2/h4-13H,3,14H2,1-2H3,(H,25,29)(H,26,27,30). The predicted molar refractivity (Wildman–Crippen MR) is 135 cm³/mol. The van der Waals surface area contributed by atoms with Crippen LogP contribution in [-0.4, -0.2) is 41.5 Å². The van der Waals surface area contributed by atoms with Crippen molar-refractivity contribution in [1.29, 1.82) is 0 Å². The van der Waals surface area contributed by atoms with Crippen LogP contribution in [0.4, 0.5) is 10.8 Å². The average Bonchev–Trinajstić information content (AvgIpc) is 3.30. The third kappa shape index (κ3) is 5.64. The second kappa shape index (κ2) is 11.0. The highest BCUT2D eigenvalue weighted by molar-refractivity contribution is 8.01. The lowest BCUT2D eigenvalue weighted by Crippen LogP contribution is -2.13. The number of methoxy groups -OCH3 is 1. The summed E-state index contributed by atoms with van der Waals surface area (Å²) in [4.78, 5) is 25.1. The van der Waals surface area contributed by atoms with Crippen molar-refractivity contribution in [3.8, 4) is 11.5 Å². The van der Waals surface area contributed by atoms with E-state index in [1.165, 1.54) is 30.2 Å². The van der Waals surface area contributed by atoms with Crippen LogP contribution in [0.5, 0.6) is 11.5 Å². The van der Waals surface area contributed by atoms with Gasteiger partial charge in [0.1, 0.15) is 11.5 Å². The molecule has 174 valence electrons. The van der Waals surface area contributed by atoms with Gasteiger partial charge in [0.25, 0.3) is 5.91 Å². The van der Waals surface area contributed by atoms with Crippen LogP contribution < -0.4 is 20.1 Å². The number of carbonyl (C=O) groups excluding carboxylic acids is 2. The lowest BCUT2D eigenvalue weighted by Gasteiger charge is -2.11. The Balaban J connectivity index is 1.34. The summed E-state index contributed by atoms with van der Waals surface area (Å²) in [6.45, 7) is 2.50. The molecule has 0 aliphatic carbocycles. The highest BCUT2D eigenvalue weighted by atomic mass is 32.2. The van der Waals surface area contributed by atoms with Crippen LogP contribution in [0.2, 0.25) is 0 Å². The maximum Gasteiger partial charge on any atom is 0.261 e. The second-order valence-corrected chi connectivity index (χ2v) is 9.19. The van der Waals surface area contributed by atoms with E-state index in [1.807, 2.05) is 37.3 Å². The first-order valence-corrected chi connectivity index (χ1v) is 12.2. The Kier molecular flexibility index (Phi) is 7.61. The van der Waals surface area contributed by atoms with Gasteiger partial charge in [-0.1, -0.05) is 53.4 Å². The molecule has 1 heterocycles. The summed E-state index contributed by atoms with van der Waals surface area (Å²) >= 11 is 2.44. The SMILES string of the molecule is CCOc1ccc(NC(=O)CSc2nnc(NC(=O)c3ccc4ccccc4c3OC)s2)cc1. The minimum Gasteiger partial charge on any atom is -0.495 e. The molecule has 0 unspecified atom stereocenters. The first kappa shape index (κ1) is 23.5. The number of nitrogens with one attached hydrogen (secondary N) is 2. The largest absolute Gasteiger partial charge is 0.495 e. The lowest BCUT2D eigenvalue weighted by molar-refractivity contribution is -0.113. The van der Waals surface area contributed by atoms with Crippen molar-refractivity contribution < 1.29 is 19.1 Å². The summed E-state index contributed by atoms with van der Waals surface area (Å²) in [5.74, 6) is 0.897. The number of carbonyl (C=O) groups is 2. The van der Waals surface area contributed by atoms with E-state index >= 15 is 0 Å². The number of hydrogen-bond donors (Lipinski definition) is 2. The van der Waals surface area contributed by atoms with E-state index in [9.17, 15) is 9.59 Å². The van der Waals surface area contributed by atoms with Crippen LogP contribution >= 0.6 is 23.1 Å². The monoisotopic (exact) mass is 494 g/mol. The Bertz CT molecular complexity index is 1310. The van der Waals surface area contributed by atoms with E-state index in [0.717, 1.165) is 16.5 Å². The zero-order valence-corrected chi connectivity index (χ0v) is 20.2. The predicted octanol–water partition coefficient (Wildman–Crippen LogP) is 5.08. The number of aromatic nitrogens is 2. The normalized spacial score (nSPS) is 10.6. The molecular formula is C24H22N4O4S2. The van der Waals surface area contributed by atoms with Gasteiger partial charge in [-0.05, 0) is 42.6 Å². The number of amides is 2. The van der Waals surface area contributed by atoms with Crippen molar-refractivity contribution in [3.05, 3.63) is 66.2 Å². The highest BCUT2D eigenvalue weighted by Crippen LogP contribution is 2.31. The van der Waals surface area contributed by atoms with Gasteiger partial charge in [0.05, 0.1) is 25.0 Å². The number of thioether (sulfide) groups is 1. The molecule has 0 saturated heterocycles. The Morgan fingerprint density at radius 1 is 1.00 bits per heavy atom. The summed E-state index contributed by atoms with van der Waals surface area (Å²) in [5.41, 5.74) is 1.09. The number of nitrogens with zero attached hydrogens (tertiary/aromatic N) is 2. The van der Waals surface area contributed by atoms with E-state index in [0.29, 0.717) is 33.1 Å².